The number of ether oxygens (including phenoxy) is 1. The van der Waals surface area contributed by atoms with Crippen molar-refractivity contribution in [1.29, 1.82) is 0 Å². The molecule has 9 heteroatoms. The molecule has 0 aliphatic heterocycles. The van der Waals surface area contributed by atoms with Gasteiger partial charge in [0.1, 0.15) is 17.3 Å². The van der Waals surface area contributed by atoms with Gasteiger partial charge in [-0.1, -0.05) is 20.3 Å². The van der Waals surface area contributed by atoms with E-state index in [-0.39, 0.29) is 6.61 Å². The van der Waals surface area contributed by atoms with Crippen molar-refractivity contribution in [1.82, 2.24) is 19.1 Å². The molecule has 0 saturated carbocycles. The summed E-state index contributed by atoms with van der Waals surface area (Å²) in [4.78, 5) is 44.5. The quantitative estimate of drug-likeness (QED) is 0.582. The first-order valence-corrected chi connectivity index (χ1v) is 10.3. The number of esters is 1. The van der Waals surface area contributed by atoms with Crippen LogP contribution in [0.25, 0.3) is 11.2 Å². The van der Waals surface area contributed by atoms with E-state index < -0.39 is 17.2 Å². The van der Waals surface area contributed by atoms with Gasteiger partial charge in [0.2, 0.25) is 0 Å². The molecule has 0 aromatic carbocycles. The second kappa shape index (κ2) is 8.55. The van der Waals surface area contributed by atoms with Crippen molar-refractivity contribution in [2.24, 2.45) is 0 Å². The summed E-state index contributed by atoms with van der Waals surface area (Å²) in [6.45, 7) is 6.81. The number of aromatic nitrogens is 4. The molecule has 1 N–H and O–H groups in total. The predicted molar refractivity (Wildman–Crippen MR) is 108 cm³/mol. The highest BCUT2D eigenvalue weighted by atomic mass is 32.1. The highest BCUT2D eigenvalue weighted by Gasteiger charge is 2.20. The smallest absolute Gasteiger partial charge is 0.349 e. The highest BCUT2D eigenvalue weighted by molar-refractivity contribution is 7.12. The Bertz CT molecular complexity index is 1110. The van der Waals surface area contributed by atoms with E-state index in [1.807, 2.05) is 32.2 Å². The molecule has 3 aromatic rings. The molecule has 0 amide bonds. The first-order valence-electron chi connectivity index (χ1n) is 9.41. The fraction of sp³-hybridized carbons (Fsp3) is 0.474. The summed E-state index contributed by atoms with van der Waals surface area (Å²) in [5.74, 6) is 0.0423. The van der Waals surface area contributed by atoms with Gasteiger partial charge in [0.25, 0.3) is 5.56 Å². The van der Waals surface area contributed by atoms with Crippen molar-refractivity contribution in [2.45, 2.75) is 59.7 Å². The number of imidazole rings is 1. The summed E-state index contributed by atoms with van der Waals surface area (Å²) in [5.41, 5.74) is 0.608. The van der Waals surface area contributed by atoms with Gasteiger partial charge < -0.3 is 9.30 Å². The Hall–Kier alpha value is -2.68. The number of carbonyl (C=O) groups is 1. The summed E-state index contributed by atoms with van der Waals surface area (Å²) in [5, 5.41) is 1.84. The summed E-state index contributed by atoms with van der Waals surface area (Å²) >= 11 is 1.33. The third-order valence-corrected chi connectivity index (χ3v) is 5.52. The number of thiophene rings is 1. The van der Waals surface area contributed by atoms with Crippen LogP contribution in [0.5, 0.6) is 0 Å². The topological polar surface area (TPSA) is 99.0 Å². The Morgan fingerprint density at radius 3 is 2.64 bits per heavy atom. The molecule has 3 rings (SSSR count). The largest absolute Gasteiger partial charge is 0.453 e. The minimum Gasteiger partial charge on any atom is -0.453 e. The Morgan fingerprint density at radius 1 is 1.21 bits per heavy atom. The monoisotopic (exact) mass is 404 g/mol. The fourth-order valence-corrected chi connectivity index (χ4v) is 3.91. The number of aryl methyl sites for hydroxylation is 3. The number of rotatable bonds is 8. The zero-order chi connectivity index (χ0) is 20.3. The maximum absolute atomic E-state index is 12.5. The van der Waals surface area contributed by atoms with Crippen LogP contribution < -0.4 is 11.2 Å². The number of hydrogen-bond donors (Lipinski definition) is 1. The fourth-order valence-electron chi connectivity index (χ4n) is 3.09. The lowest BCUT2D eigenvalue weighted by molar-refractivity contribution is 0.0463. The average molecular weight is 404 g/mol. The highest BCUT2D eigenvalue weighted by Crippen LogP contribution is 2.19. The van der Waals surface area contributed by atoms with Gasteiger partial charge in [0, 0.05) is 13.1 Å². The lowest BCUT2D eigenvalue weighted by Gasteiger charge is -2.08. The minimum atomic E-state index is -0.472. The number of nitrogens with zero attached hydrogens (tertiary/aromatic N) is 3. The molecule has 0 unspecified atom stereocenters. The summed E-state index contributed by atoms with van der Waals surface area (Å²) in [6.07, 6.45) is 2.47. The van der Waals surface area contributed by atoms with Crippen LogP contribution in [0, 0.1) is 6.92 Å². The second-order valence-electron chi connectivity index (χ2n) is 6.63. The van der Waals surface area contributed by atoms with E-state index in [1.54, 1.807) is 4.57 Å². The van der Waals surface area contributed by atoms with Crippen molar-refractivity contribution < 1.29 is 9.53 Å². The van der Waals surface area contributed by atoms with Crippen LogP contribution in [0.1, 0.15) is 54.2 Å². The van der Waals surface area contributed by atoms with Crippen molar-refractivity contribution in [3.8, 4) is 0 Å². The lowest BCUT2D eigenvalue weighted by Crippen LogP contribution is -2.31. The first kappa shape index (κ1) is 20.1. The minimum absolute atomic E-state index is 0.0632. The van der Waals surface area contributed by atoms with Gasteiger partial charge in [-0.15, -0.1) is 11.3 Å². The van der Waals surface area contributed by atoms with Crippen molar-refractivity contribution >= 4 is 28.5 Å². The molecular weight excluding hydrogens is 380 g/mol. The molecule has 0 spiro atoms. The Kier molecular flexibility index (Phi) is 6.13. The molecule has 150 valence electrons. The van der Waals surface area contributed by atoms with E-state index in [4.69, 9.17) is 4.74 Å². The van der Waals surface area contributed by atoms with E-state index in [1.165, 1.54) is 15.9 Å². The van der Waals surface area contributed by atoms with Crippen LogP contribution in [0.2, 0.25) is 0 Å². The standard InChI is InChI=1S/C19H24N4O4S/c1-4-6-9-23-16-14(17(24)21-19(23)26)22(8-5-2)13(20-16)11-27-18(25)15-12(3)7-10-28-15/h7,10H,4-6,8-9,11H2,1-3H3,(H,21,24,26). The van der Waals surface area contributed by atoms with Gasteiger partial charge in [0.05, 0.1) is 0 Å². The summed E-state index contributed by atoms with van der Waals surface area (Å²) in [6, 6.07) is 1.86. The van der Waals surface area contributed by atoms with Crippen molar-refractivity contribution in [3.05, 3.63) is 48.5 Å². The van der Waals surface area contributed by atoms with Crippen LogP contribution in [-0.2, 0) is 24.4 Å². The Labute approximate surface area is 165 Å². The maximum Gasteiger partial charge on any atom is 0.349 e. The van der Waals surface area contributed by atoms with Crippen molar-refractivity contribution in [3.63, 3.8) is 0 Å². The molecule has 0 saturated heterocycles. The maximum atomic E-state index is 12.5. The van der Waals surface area contributed by atoms with E-state index in [2.05, 4.69) is 9.97 Å². The van der Waals surface area contributed by atoms with Crippen LogP contribution in [0.15, 0.2) is 21.0 Å². The number of unbranched alkanes of at least 4 members (excludes halogenated alkanes) is 1. The van der Waals surface area contributed by atoms with E-state index in [0.717, 1.165) is 24.8 Å². The van der Waals surface area contributed by atoms with Crippen LogP contribution >= 0.6 is 11.3 Å². The molecule has 0 aliphatic carbocycles. The normalized spacial score (nSPS) is 11.2. The molecular formula is C19H24N4O4S. The van der Waals surface area contributed by atoms with Gasteiger partial charge in [0.15, 0.2) is 11.2 Å². The van der Waals surface area contributed by atoms with Gasteiger partial charge in [-0.2, -0.15) is 0 Å². The average Bonchev–Trinajstić information content (AvgIpc) is 3.24. The first-order chi connectivity index (χ1) is 13.5. The van der Waals surface area contributed by atoms with Crippen LogP contribution in [-0.4, -0.2) is 25.1 Å². The molecule has 0 aliphatic rings. The Morgan fingerprint density at radius 2 is 2.00 bits per heavy atom. The molecule has 0 bridgehead atoms. The molecule has 0 fully saturated rings. The molecule has 0 radical (unpaired) electrons. The molecule has 3 aromatic heterocycles. The number of carbonyl (C=O) groups excluding carboxylic acids is 1. The van der Waals surface area contributed by atoms with Gasteiger partial charge in [-0.25, -0.2) is 14.6 Å². The molecule has 3 heterocycles. The lowest BCUT2D eigenvalue weighted by atomic mass is 10.3. The van der Waals surface area contributed by atoms with Gasteiger partial charge in [-0.3, -0.25) is 14.3 Å². The zero-order valence-electron chi connectivity index (χ0n) is 16.3. The number of nitrogens with one attached hydrogen (secondary N) is 1. The molecule has 28 heavy (non-hydrogen) atoms. The number of H-pyrrole nitrogens is 1. The Balaban J connectivity index is 2.01. The SMILES string of the molecule is CCCCn1c(=O)[nH]c(=O)c2c1nc(COC(=O)c1sccc1C)n2CCC. The van der Waals surface area contributed by atoms with Crippen LogP contribution in [0.3, 0.4) is 0 Å². The van der Waals surface area contributed by atoms with Gasteiger partial charge >= 0.3 is 11.7 Å². The zero-order valence-corrected chi connectivity index (χ0v) is 17.1. The predicted octanol–water partition coefficient (Wildman–Crippen LogP) is 2.82. The third kappa shape index (κ3) is 3.80. The van der Waals surface area contributed by atoms with E-state index in [9.17, 15) is 14.4 Å². The summed E-state index contributed by atoms with van der Waals surface area (Å²) < 4.78 is 8.68. The second-order valence-corrected chi connectivity index (χ2v) is 7.54. The molecule has 8 nitrogen and oxygen atoms in total. The third-order valence-electron chi connectivity index (χ3n) is 4.53. The number of aromatic amines is 1. The van der Waals surface area contributed by atoms with Gasteiger partial charge in [-0.05, 0) is 36.8 Å². The van der Waals surface area contributed by atoms with Crippen molar-refractivity contribution in [2.75, 3.05) is 0 Å². The van der Waals surface area contributed by atoms with E-state index in [0.29, 0.717) is 35.0 Å². The number of fused-ring (bicyclic) bond motifs is 1. The summed E-state index contributed by atoms with van der Waals surface area (Å²) in [7, 11) is 0. The van der Waals surface area contributed by atoms with E-state index >= 15 is 0 Å². The van der Waals surface area contributed by atoms with Crippen LogP contribution in [0.4, 0.5) is 0 Å². The molecule has 0 atom stereocenters. The number of hydrogen-bond acceptors (Lipinski definition) is 6.